The molecule has 0 saturated heterocycles. The fourth-order valence-corrected chi connectivity index (χ4v) is 1.74. The van der Waals surface area contributed by atoms with Gasteiger partial charge in [0.25, 0.3) is 0 Å². The van der Waals surface area contributed by atoms with E-state index in [0.29, 0.717) is 24.7 Å². The van der Waals surface area contributed by atoms with E-state index in [2.05, 4.69) is 15.9 Å². The first-order valence-electron chi connectivity index (χ1n) is 5.64. The van der Waals surface area contributed by atoms with Gasteiger partial charge in [-0.25, -0.2) is 0 Å². The second-order valence-corrected chi connectivity index (χ2v) is 4.46. The first-order chi connectivity index (χ1) is 8.10. The van der Waals surface area contributed by atoms with Crippen molar-refractivity contribution >= 4 is 21.7 Å². The lowest BCUT2D eigenvalue weighted by Crippen LogP contribution is -2.03. The number of alkyl halides is 1. The normalized spacial score (nSPS) is 12.0. The Morgan fingerprint density at radius 1 is 1.24 bits per heavy atom. The molecule has 0 heterocycles. The fraction of sp³-hybridized carbons (Fsp3) is 0.462. The first kappa shape index (κ1) is 14.0. The molecule has 1 rings (SSSR count). The molecule has 0 N–H and O–H groups in total. The van der Waals surface area contributed by atoms with Crippen molar-refractivity contribution in [2.75, 3.05) is 13.2 Å². The monoisotopic (exact) mass is 300 g/mol. The topological polar surface area (TPSA) is 35.5 Å². The zero-order valence-electron chi connectivity index (χ0n) is 10.3. The lowest BCUT2D eigenvalue weighted by Gasteiger charge is -2.13. The Labute approximate surface area is 110 Å². The van der Waals surface area contributed by atoms with Crippen molar-refractivity contribution in [1.29, 1.82) is 0 Å². The highest BCUT2D eigenvalue weighted by molar-refractivity contribution is 9.09. The van der Waals surface area contributed by atoms with E-state index in [1.165, 1.54) is 0 Å². The van der Waals surface area contributed by atoms with E-state index < -0.39 is 0 Å². The number of Topliss-reactive ketones (excluding diaryl/α,β-unsaturated/α-hetero) is 1. The molecule has 4 heteroatoms. The van der Waals surface area contributed by atoms with E-state index >= 15 is 0 Å². The molecule has 1 aromatic carbocycles. The average molecular weight is 301 g/mol. The van der Waals surface area contributed by atoms with Crippen LogP contribution in [-0.4, -0.2) is 19.0 Å². The summed E-state index contributed by atoms with van der Waals surface area (Å²) in [5, 5.41) is 0. The van der Waals surface area contributed by atoms with Gasteiger partial charge in [0, 0.05) is 0 Å². The Morgan fingerprint density at radius 2 is 1.82 bits per heavy atom. The Bertz CT molecular complexity index is 390. The van der Waals surface area contributed by atoms with Crippen LogP contribution in [0.3, 0.4) is 0 Å². The molecule has 0 radical (unpaired) electrons. The standard InChI is InChI=1S/C13H17BrO3/c1-4-16-11-7-6-10(13(14)9(3)15)8-12(11)17-5-2/h6-8,13H,4-5H2,1-3H3. The van der Waals surface area contributed by atoms with E-state index in [1.54, 1.807) is 6.92 Å². The number of rotatable bonds is 6. The summed E-state index contributed by atoms with van der Waals surface area (Å²) in [4.78, 5) is 11.0. The van der Waals surface area contributed by atoms with Gasteiger partial charge < -0.3 is 9.47 Å². The molecule has 0 aromatic heterocycles. The lowest BCUT2D eigenvalue weighted by atomic mass is 10.1. The van der Waals surface area contributed by atoms with Crippen LogP contribution in [0.25, 0.3) is 0 Å². The zero-order valence-corrected chi connectivity index (χ0v) is 11.9. The van der Waals surface area contributed by atoms with Crippen molar-refractivity contribution < 1.29 is 14.3 Å². The van der Waals surface area contributed by atoms with Crippen molar-refractivity contribution in [3.05, 3.63) is 23.8 Å². The summed E-state index contributed by atoms with van der Waals surface area (Å²) < 4.78 is 11.0. The predicted octanol–water partition coefficient (Wildman–Crippen LogP) is 3.51. The van der Waals surface area contributed by atoms with E-state index in [0.717, 1.165) is 5.56 Å². The summed E-state index contributed by atoms with van der Waals surface area (Å²) >= 11 is 3.35. The summed E-state index contributed by atoms with van der Waals surface area (Å²) in [7, 11) is 0. The van der Waals surface area contributed by atoms with Gasteiger partial charge in [-0.1, -0.05) is 22.0 Å². The molecule has 0 bridgehead atoms. The fourth-order valence-electron chi connectivity index (χ4n) is 1.46. The van der Waals surface area contributed by atoms with Crippen molar-refractivity contribution in [2.45, 2.75) is 25.6 Å². The highest BCUT2D eigenvalue weighted by Gasteiger charge is 2.15. The van der Waals surface area contributed by atoms with Gasteiger partial charge in [-0.15, -0.1) is 0 Å². The van der Waals surface area contributed by atoms with Gasteiger partial charge in [0.15, 0.2) is 11.5 Å². The molecule has 0 aliphatic heterocycles. The minimum atomic E-state index is -0.294. The van der Waals surface area contributed by atoms with Crippen molar-refractivity contribution in [2.24, 2.45) is 0 Å². The molecular weight excluding hydrogens is 284 g/mol. The Hall–Kier alpha value is -1.03. The maximum atomic E-state index is 11.3. The third-order valence-corrected chi connectivity index (χ3v) is 3.39. The minimum absolute atomic E-state index is 0.0663. The summed E-state index contributed by atoms with van der Waals surface area (Å²) in [6.45, 7) is 6.54. The van der Waals surface area contributed by atoms with Crippen LogP contribution in [0.5, 0.6) is 11.5 Å². The van der Waals surface area contributed by atoms with E-state index in [4.69, 9.17) is 9.47 Å². The van der Waals surface area contributed by atoms with E-state index in [9.17, 15) is 4.79 Å². The number of hydrogen-bond donors (Lipinski definition) is 0. The average Bonchev–Trinajstić information content (AvgIpc) is 2.31. The van der Waals surface area contributed by atoms with Crippen LogP contribution in [0, 0.1) is 0 Å². The maximum Gasteiger partial charge on any atom is 0.161 e. The second-order valence-electron chi connectivity index (χ2n) is 3.55. The second kappa shape index (κ2) is 6.64. The van der Waals surface area contributed by atoms with E-state index in [1.807, 2.05) is 32.0 Å². The largest absolute Gasteiger partial charge is 0.490 e. The van der Waals surface area contributed by atoms with Gasteiger partial charge in [-0.05, 0) is 38.5 Å². The number of carbonyl (C=O) groups is 1. The molecule has 0 amide bonds. The molecule has 0 spiro atoms. The Kier molecular flexibility index (Phi) is 5.48. The Balaban J connectivity index is 3.04. The number of hydrogen-bond acceptors (Lipinski definition) is 3. The highest BCUT2D eigenvalue weighted by atomic mass is 79.9. The van der Waals surface area contributed by atoms with Crippen LogP contribution in [-0.2, 0) is 4.79 Å². The van der Waals surface area contributed by atoms with Crippen molar-refractivity contribution in [1.82, 2.24) is 0 Å². The van der Waals surface area contributed by atoms with Gasteiger partial charge in [0.1, 0.15) is 5.78 Å². The minimum Gasteiger partial charge on any atom is -0.490 e. The summed E-state index contributed by atoms with van der Waals surface area (Å²) in [6, 6.07) is 5.55. The SMILES string of the molecule is CCOc1ccc(C(Br)C(C)=O)cc1OCC. The zero-order chi connectivity index (χ0) is 12.8. The van der Waals surface area contributed by atoms with Gasteiger partial charge >= 0.3 is 0 Å². The molecule has 1 atom stereocenters. The number of ketones is 1. The van der Waals surface area contributed by atoms with Gasteiger partial charge in [-0.3, -0.25) is 4.79 Å². The third kappa shape index (κ3) is 3.73. The third-order valence-electron chi connectivity index (χ3n) is 2.22. The van der Waals surface area contributed by atoms with Gasteiger partial charge in [0.2, 0.25) is 0 Å². The Morgan fingerprint density at radius 3 is 2.35 bits per heavy atom. The summed E-state index contributed by atoms with van der Waals surface area (Å²) in [6.07, 6.45) is 0. The molecule has 0 fully saturated rings. The number of benzene rings is 1. The molecule has 1 unspecified atom stereocenters. The molecule has 94 valence electrons. The quantitative estimate of drug-likeness (QED) is 0.754. The van der Waals surface area contributed by atoms with Crippen LogP contribution in [0.15, 0.2) is 18.2 Å². The molecule has 0 saturated carbocycles. The molecular formula is C13H17BrO3. The van der Waals surface area contributed by atoms with Crippen LogP contribution >= 0.6 is 15.9 Å². The smallest absolute Gasteiger partial charge is 0.161 e. The highest BCUT2D eigenvalue weighted by Crippen LogP contribution is 2.33. The van der Waals surface area contributed by atoms with Crippen LogP contribution in [0.1, 0.15) is 31.2 Å². The molecule has 3 nitrogen and oxygen atoms in total. The van der Waals surface area contributed by atoms with E-state index in [-0.39, 0.29) is 10.6 Å². The van der Waals surface area contributed by atoms with Crippen molar-refractivity contribution in [3.8, 4) is 11.5 Å². The summed E-state index contributed by atoms with van der Waals surface area (Å²) in [5.74, 6) is 1.45. The predicted molar refractivity (Wildman–Crippen MR) is 71.1 cm³/mol. The number of halogens is 1. The lowest BCUT2D eigenvalue weighted by molar-refractivity contribution is -0.116. The van der Waals surface area contributed by atoms with Crippen LogP contribution in [0.2, 0.25) is 0 Å². The van der Waals surface area contributed by atoms with Crippen molar-refractivity contribution in [3.63, 3.8) is 0 Å². The van der Waals surface area contributed by atoms with Gasteiger partial charge in [0.05, 0.1) is 18.0 Å². The number of ether oxygens (including phenoxy) is 2. The molecule has 17 heavy (non-hydrogen) atoms. The first-order valence-corrected chi connectivity index (χ1v) is 6.55. The van der Waals surface area contributed by atoms with Crippen LogP contribution < -0.4 is 9.47 Å². The van der Waals surface area contributed by atoms with Crippen LogP contribution in [0.4, 0.5) is 0 Å². The number of carbonyl (C=O) groups excluding carboxylic acids is 1. The summed E-state index contributed by atoms with van der Waals surface area (Å²) in [5.41, 5.74) is 0.879. The molecule has 1 aromatic rings. The molecule has 0 aliphatic carbocycles. The molecule has 0 aliphatic rings. The van der Waals surface area contributed by atoms with Gasteiger partial charge in [-0.2, -0.15) is 0 Å². The maximum absolute atomic E-state index is 11.3.